The number of benzene rings is 1. The lowest BCUT2D eigenvalue weighted by molar-refractivity contribution is 0.0949. The van der Waals surface area contributed by atoms with Gasteiger partial charge >= 0.3 is 0 Å². The van der Waals surface area contributed by atoms with Crippen LogP contribution in [0.2, 0.25) is 10.0 Å². The Kier molecular flexibility index (Phi) is 5.68. The molecule has 0 saturated heterocycles. The first kappa shape index (κ1) is 19.2. The second-order valence-corrected chi connectivity index (χ2v) is 6.84. The third-order valence-electron chi connectivity index (χ3n) is 3.95. The van der Waals surface area contributed by atoms with Crippen LogP contribution in [0.3, 0.4) is 0 Å². The lowest BCUT2D eigenvalue weighted by Crippen LogP contribution is -2.27. The fraction of sp³-hybridized carbons (Fsp3) is 0.211. The summed E-state index contributed by atoms with van der Waals surface area (Å²) in [5.41, 5.74) is 1.97. The molecule has 0 aliphatic rings. The predicted molar refractivity (Wildman–Crippen MR) is 107 cm³/mol. The quantitative estimate of drug-likeness (QED) is 0.663. The molecule has 0 fully saturated rings. The molecule has 2 N–H and O–H groups in total. The van der Waals surface area contributed by atoms with Crippen LogP contribution < -0.4 is 10.6 Å². The standard InChI is InChI=1S/C19H18Cl2N4O2/c1-3-9-22-19(27)16-17(23-14-8-7-11(2)10-25(14)16)24-18(26)12-5-4-6-13(20)15(12)21/h4-8,10H,3,9H2,1-2H3,(H,22,27)(H,24,26). The Balaban J connectivity index is 2.04. The molecule has 3 aromatic rings. The van der Waals surface area contributed by atoms with Crippen LogP contribution in [0.5, 0.6) is 0 Å². The fourth-order valence-corrected chi connectivity index (χ4v) is 3.02. The van der Waals surface area contributed by atoms with Crippen molar-refractivity contribution in [2.45, 2.75) is 20.3 Å². The van der Waals surface area contributed by atoms with Crippen molar-refractivity contribution in [1.82, 2.24) is 14.7 Å². The van der Waals surface area contributed by atoms with Gasteiger partial charge in [0.25, 0.3) is 11.8 Å². The number of nitrogens with zero attached hydrogens (tertiary/aromatic N) is 2. The zero-order valence-corrected chi connectivity index (χ0v) is 16.4. The highest BCUT2D eigenvalue weighted by Crippen LogP contribution is 2.27. The predicted octanol–water partition coefficient (Wildman–Crippen LogP) is 4.34. The first-order chi connectivity index (χ1) is 12.9. The fourth-order valence-electron chi connectivity index (χ4n) is 2.63. The van der Waals surface area contributed by atoms with E-state index in [2.05, 4.69) is 15.6 Å². The Morgan fingerprint density at radius 1 is 1.15 bits per heavy atom. The Hall–Kier alpha value is -2.57. The maximum atomic E-state index is 12.7. The summed E-state index contributed by atoms with van der Waals surface area (Å²) in [5, 5.41) is 5.93. The monoisotopic (exact) mass is 404 g/mol. The van der Waals surface area contributed by atoms with E-state index in [4.69, 9.17) is 23.2 Å². The maximum Gasteiger partial charge on any atom is 0.272 e. The van der Waals surface area contributed by atoms with Gasteiger partial charge in [-0.05, 0) is 37.1 Å². The van der Waals surface area contributed by atoms with Gasteiger partial charge in [0.05, 0.1) is 15.6 Å². The second-order valence-electron chi connectivity index (χ2n) is 6.06. The molecule has 0 atom stereocenters. The lowest BCUT2D eigenvalue weighted by Gasteiger charge is -2.09. The molecule has 0 spiro atoms. The smallest absolute Gasteiger partial charge is 0.272 e. The summed E-state index contributed by atoms with van der Waals surface area (Å²) in [6, 6.07) is 8.45. The average Bonchev–Trinajstić information content (AvgIpc) is 2.98. The zero-order valence-electron chi connectivity index (χ0n) is 14.8. The van der Waals surface area contributed by atoms with E-state index in [1.165, 1.54) is 0 Å². The molecule has 27 heavy (non-hydrogen) atoms. The van der Waals surface area contributed by atoms with Gasteiger partial charge in [-0.25, -0.2) is 4.98 Å². The van der Waals surface area contributed by atoms with E-state index in [1.54, 1.807) is 34.9 Å². The van der Waals surface area contributed by atoms with E-state index in [9.17, 15) is 9.59 Å². The van der Waals surface area contributed by atoms with E-state index < -0.39 is 5.91 Å². The molecule has 0 aliphatic heterocycles. The number of fused-ring (bicyclic) bond motifs is 1. The molecule has 0 unspecified atom stereocenters. The molecule has 6 nitrogen and oxygen atoms in total. The van der Waals surface area contributed by atoms with Gasteiger partial charge in [0.2, 0.25) is 0 Å². The van der Waals surface area contributed by atoms with E-state index in [0.717, 1.165) is 12.0 Å². The number of halogens is 2. The molecule has 0 bridgehead atoms. The molecule has 0 aliphatic carbocycles. The molecule has 2 heterocycles. The number of carbonyl (C=O) groups is 2. The number of rotatable bonds is 5. The minimum atomic E-state index is -0.493. The van der Waals surface area contributed by atoms with E-state index >= 15 is 0 Å². The van der Waals surface area contributed by atoms with Crippen molar-refractivity contribution in [3.8, 4) is 0 Å². The summed E-state index contributed by atoms with van der Waals surface area (Å²) < 4.78 is 1.66. The highest BCUT2D eigenvalue weighted by atomic mass is 35.5. The molecule has 8 heteroatoms. The molecule has 1 aromatic carbocycles. The summed E-state index contributed by atoms with van der Waals surface area (Å²) in [4.78, 5) is 29.8. The summed E-state index contributed by atoms with van der Waals surface area (Å²) in [7, 11) is 0. The lowest BCUT2D eigenvalue weighted by atomic mass is 10.2. The van der Waals surface area contributed by atoms with Crippen LogP contribution in [0.4, 0.5) is 5.82 Å². The van der Waals surface area contributed by atoms with E-state index in [0.29, 0.717) is 12.2 Å². The van der Waals surface area contributed by atoms with Crippen molar-refractivity contribution in [2.75, 3.05) is 11.9 Å². The van der Waals surface area contributed by atoms with Crippen LogP contribution in [0.1, 0.15) is 39.8 Å². The first-order valence-electron chi connectivity index (χ1n) is 8.44. The molecular weight excluding hydrogens is 387 g/mol. The second kappa shape index (κ2) is 7.98. The van der Waals surface area contributed by atoms with Crippen molar-refractivity contribution in [3.63, 3.8) is 0 Å². The number of nitrogens with one attached hydrogen (secondary N) is 2. The first-order valence-corrected chi connectivity index (χ1v) is 9.20. The minimum absolute atomic E-state index is 0.147. The van der Waals surface area contributed by atoms with Crippen LogP contribution in [0, 0.1) is 6.92 Å². The molecule has 2 aromatic heterocycles. The van der Waals surface area contributed by atoms with Gasteiger partial charge in [-0.15, -0.1) is 0 Å². The molecule has 0 saturated carbocycles. The summed E-state index contributed by atoms with van der Waals surface area (Å²) in [6.45, 7) is 4.39. The van der Waals surface area contributed by atoms with Gasteiger partial charge in [-0.2, -0.15) is 0 Å². The van der Waals surface area contributed by atoms with Crippen molar-refractivity contribution in [1.29, 1.82) is 0 Å². The van der Waals surface area contributed by atoms with Crippen LogP contribution in [0.25, 0.3) is 5.65 Å². The summed E-state index contributed by atoms with van der Waals surface area (Å²) in [5.74, 6) is -0.648. The largest absolute Gasteiger partial charge is 0.351 e. The number of pyridine rings is 1. The number of hydrogen-bond donors (Lipinski definition) is 2. The third kappa shape index (κ3) is 3.91. The van der Waals surface area contributed by atoms with E-state index in [1.807, 2.05) is 19.9 Å². The van der Waals surface area contributed by atoms with Gasteiger partial charge in [-0.3, -0.25) is 14.0 Å². The molecular formula is C19H18Cl2N4O2. The van der Waals surface area contributed by atoms with Gasteiger partial charge in [0, 0.05) is 12.7 Å². The van der Waals surface area contributed by atoms with Crippen molar-refractivity contribution in [3.05, 3.63) is 63.4 Å². The van der Waals surface area contributed by atoms with Gasteiger partial charge in [0.1, 0.15) is 5.65 Å². The number of anilines is 1. The number of hydrogen-bond acceptors (Lipinski definition) is 3. The SMILES string of the molecule is CCCNC(=O)c1c(NC(=O)c2cccc(Cl)c2Cl)nc2ccc(C)cn12. The van der Waals surface area contributed by atoms with Gasteiger partial charge < -0.3 is 10.6 Å². The average molecular weight is 405 g/mol. The van der Waals surface area contributed by atoms with Crippen LogP contribution in [-0.4, -0.2) is 27.7 Å². The van der Waals surface area contributed by atoms with Gasteiger partial charge in [-0.1, -0.05) is 42.3 Å². The number of aromatic nitrogens is 2. The minimum Gasteiger partial charge on any atom is -0.351 e. The Bertz CT molecular complexity index is 1030. The van der Waals surface area contributed by atoms with E-state index in [-0.39, 0.29) is 33.0 Å². The van der Waals surface area contributed by atoms with Crippen molar-refractivity contribution >= 4 is 46.5 Å². The number of imidazole rings is 1. The summed E-state index contributed by atoms with van der Waals surface area (Å²) >= 11 is 12.1. The summed E-state index contributed by atoms with van der Waals surface area (Å²) in [6.07, 6.45) is 2.59. The molecule has 0 radical (unpaired) electrons. The molecule has 3 rings (SSSR count). The van der Waals surface area contributed by atoms with Crippen molar-refractivity contribution in [2.24, 2.45) is 0 Å². The molecule has 2 amide bonds. The molecule has 140 valence electrons. The topological polar surface area (TPSA) is 75.5 Å². The Morgan fingerprint density at radius 3 is 2.67 bits per heavy atom. The van der Waals surface area contributed by atoms with Crippen LogP contribution in [0.15, 0.2) is 36.5 Å². The maximum absolute atomic E-state index is 12.7. The number of amides is 2. The Morgan fingerprint density at radius 2 is 1.93 bits per heavy atom. The third-order valence-corrected chi connectivity index (χ3v) is 4.76. The highest BCUT2D eigenvalue weighted by molar-refractivity contribution is 6.44. The van der Waals surface area contributed by atoms with Crippen LogP contribution in [-0.2, 0) is 0 Å². The number of carbonyl (C=O) groups excluding carboxylic acids is 2. The highest BCUT2D eigenvalue weighted by Gasteiger charge is 2.22. The Labute approximate surface area is 166 Å². The zero-order chi connectivity index (χ0) is 19.6. The van der Waals surface area contributed by atoms with Gasteiger partial charge in [0.15, 0.2) is 11.5 Å². The normalized spacial score (nSPS) is 10.8. The van der Waals surface area contributed by atoms with Crippen molar-refractivity contribution < 1.29 is 9.59 Å². The van der Waals surface area contributed by atoms with Crippen LogP contribution >= 0.6 is 23.2 Å². The number of aryl methyl sites for hydroxylation is 1.